The standard InChI is InChI=1S/C19H14F3NO3/c20-19(21,22)26-15-6-3-9-23-17(15)13-10-25-14-8-7-11-4-1-2-5-12(11)16(14)18(13)24/h1-12,14,16H. The molecule has 4 nitrogen and oxygen atoms in total. The number of Topliss-reactive ketones (excluding diaryl/α,β-unsaturated/α-hetero) is 1. The zero-order chi connectivity index (χ0) is 18.3. The number of rotatable bonds is 2. The second-order valence-electron chi connectivity index (χ2n) is 6.23. The molecule has 0 bridgehead atoms. The highest BCUT2D eigenvalue weighted by Gasteiger charge is 2.45. The van der Waals surface area contributed by atoms with Gasteiger partial charge >= 0.3 is 6.36 Å². The summed E-state index contributed by atoms with van der Waals surface area (Å²) in [5.74, 6) is -1.40. The molecule has 0 saturated heterocycles. The van der Waals surface area contributed by atoms with Crippen LogP contribution in [0.25, 0.3) is 5.57 Å². The van der Waals surface area contributed by atoms with E-state index >= 15 is 0 Å². The second-order valence-corrected chi connectivity index (χ2v) is 6.23. The van der Waals surface area contributed by atoms with E-state index in [0.717, 1.165) is 6.07 Å². The monoisotopic (exact) mass is 361 g/mol. The minimum Gasteiger partial charge on any atom is -0.492 e. The topological polar surface area (TPSA) is 48.4 Å². The molecule has 2 aliphatic carbocycles. The van der Waals surface area contributed by atoms with Crippen LogP contribution in [0.1, 0.15) is 5.69 Å². The first-order valence-electron chi connectivity index (χ1n) is 8.08. The molecule has 134 valence electrons. The van der Waals surface area contributed by atoms with E-state index in [-0.39, 0.29) is 28.9 Å². The molecule has 0 N–H and O–H groups in total. The Bertz CT molecular complexity index is 854. The summed E-state index contributed by atoms with van der Waals surface area (Å²) in [6, 6.07) is 2.44. The highest BCUT2D eigenvalue weighted by atomic mass is 19.4. The Labute approximate surface area is 147 Å². The molecular formula is C19H14F3NO3. The van der Waals surface area contributed by atoms with Gasteiger partial charge in [-0.3, -0.25) is 9.78 Å². The van der Waals surface area contributed by atoms with Gasteiger partial charge in [0, 0.05) is 18.0 Å². The van der Waals surface area contributed by atoms with Crippen LogP contribution in [0.2, 0.25) is 0 Å². The molecule has 1 aliphatic heterocycles. The molecule has 4 rings (SSSR count). The SMILES string of the molecule is O=C1C(c2ncccc2OC(F)(F)F)=COC2C=CC3C=CC=CC3C12. The molecular weight excluding hydrogens is 347 g/mol. The summed E-state index contributed by atoms with van der Waals surface area (Å²) in [4.78, 5) is 17.1. The van der Waals surface area contributed by atoms with E-state index in [1.807, 2.05) is 36.5 Å². The summed E-state index contributed by atoms with van der Waals surface area (Å²) >= 11 is 0. The van der Waals surface area contributed by atoms with Crippen molar-refractivity contribution >= 4 is 11.4 Å². The fourth-order valence-corrected chi connectivity index (χ4v) is 3.58. The van der Waals surface area contributed by atoms with Crippen molar-refractivity contribution in [2.24, 2.45) is 17.8 Å². The number of ether oxygens (including phenoxy) is 2. The quantitative estimate of drug-likeness (QED) is 0.751. The van der Waals surface area contributed by atoms with Gasteiger partial charge in [-0.1, -0.05) is 30.4 Å². The zero-order valence-electron chi connectivity index (χ0n) is 13.4. The Morgan fingerprint density at radius 2 is 1.92 bits per heavy atom. The van der Waals surface area contributed by atoms with Crippen molar-refractivity contribution in [1.82, 2.24) is 4.98 Å². The molecule has 0 amide bonds. The minimum absolute atomic E-state index is 0.0110. The van der Waals surface area contributed by atoms with Crippen molar-refractivity contribution < 1.29 is 27.4 Å². The number of allylic oxidation sites excluding steroid dienone is 6. The van der Waals surface area contributed by atoms with Crippen molar-refractivity contribution in [3.8, 4) is 5.75 Å². The Morgan fingerprint density at radius 1 is 1.12 bits per heavy atom. The van der Waals surface area contributed by atoms with Crippen LogP contribution in [0, 0.1) is 17.8 Å². The van der Waals surface area contributed by atoms with Crippen LogP contribution < -0.4 is 4.74 Å². The first-order chi connectivity index (χ1) is 12.4. The lowest BCUT2D eigenvalue weighted by atomic mass is 9.69. The second kappa shape index (κ2) is 6.16. The summed E-state index contributed by atoms with van der Waals surface area (Å²) < 4.78 is 47.7. The molecule has 2 heterocycles. The van der Waals surface area contributed by atoms with Gasteiger partial charge in [0.2, 0.25) is 0 Å². The van der Waals surface area contributed by atoms with Gasteiger partial charge in [0.1, 0.15) is 11.8 Å². The first-order valence-corrected chi connectivity index (χ1v) is 8.08. The largest absolute Gasteiger partial charge is 0.573 e. The predicted molar refractivity (Wildman–Crippen MR) is 86.7 cm³/mol. The van der Waals surface area contributed by atoms with Gasteiger partial charge in [-0.2, -0.15) is 0 Å². The maximum atomic E-state index is 13.1. The molecule has 1 aromatic rings. The summed E-state index contributed by atoms with van der Waals surface area (Å²) in [6.45, 7) is 0. The van der Waals surface area contributed by atoms with Crippen molar-refractivity contribution in [3.05, 3.63) is 66.7 Å². The van der Waals surface area contributed by atoms with Crippen LogP contribution in [-0.2, 0) is 9.53 Å². The Balaban J connectivity index is 1.71. The molecule has 0 aromatic carbocycles. The highest BCUT2D eigenvalue weighted by molar-refractivity contribution is 6.22. The number of halogens is 3. The number of carbonyl (C=O) groups excluding carboxylic acids is 1. The van der Waals surface area contributed by atoms with Crippen LogP contribution in [0.3, 0.4) is 0 Å². The number of pyridine rings is 1. The highest BCUT2D eigenvalue weighted by Crippen LogP contribution is 2.42. The van der Waals surface area contributed by atoms with Gasteiger partial charge in [0.25, 0.3) is 0 Å². The number of hydrogen-bond donors (Lipinski definition) is 0. The Hall–Kier alpha value is -2.83. The molecule has 26 heavy (non-hydrogen) atoms. The van der Waals surface area contributed by atoms with Gasteiger partial charge in [0.15, 0.2) is 11.5 Å². The number of alkyl halides is 3. The predicted octanol–water partition coefficient (Wildman–Crippen LogP) is 3.83. The average molecular weight is 361 g/mol. The fourth-order valence-electron chi connectivity index (χ4n) is 3.58. The van der Waals surface area contributed by atoms with E-state index in [2.05, 4.69) is 9.72 Å². The normalized spacial score (nSPS) is 29.5. The lowest BCUT2D eigenvalue weighted by Gasteiger charge is -2.39. The smallest absolute Gasteiger partial charge is 0.492 e. The first kappa shape index (κ1) is 16.6. The summed E-state index contributed by atoms with van der Waals surface area (Å²) in [5, 5.41) is 0. The molecule has 0 saturated carbocycles. The summed E-state index contributed by atoms with van der Waals surface area (Å²) in [7, 11) is 0. The zero-order valence-corrected chi connectivity index (χ0v) is 13.4. The van der Waals surface area contributed by atoms with E-state index in [9.17, 15) is 18.0 Å². The average Bonchev–Trinajstić information content (AvgIpc) is 2.61. The molecule has 4 unspecified atom stereocenters. The lowest BCUT2D eigenvalue weighted by Crippen LogP contribution is -2.42. The van der Waals surface area contributed by atoms with Crippen molar-refractivity contribution in [2.75, 3.05) is 0 Å². The summed E-state index contributed by atoms with van der Waals surface area (Å²) in [5.41, 5.74) is -0.183. The Kier molecular flexibility index (Phi) is 3.94. The van der Waals surface area contributed by atoms with Crippen LogP contribution in [0.4, 0.5) is 13.2 Å². The maximum absolute atomic E-state index is 13.1. The number of aromatic nitrogens is 1. The van der Waals surface area contributed by atoms with E-state index < -0.39 is 24.1 Å². The Morgan fingerprint density at radius 3 is 2.73 bits per heavy atom. The fraction of sp³-hybridized carbons (Fsp3) is 0.263. The number of nitrogens with zero attached hydrogens (tertiary/aromatic N) is 1. The van der Waals surface area contributed by atoms with Gasteiger partial charge < -0.3 is 9.47 Å². The molecule has 1 aromatic heterocycles. The van der Waals surface area contributed by atoms with Gasteiger partial charge in [0.05, 0.1) is 17.8 Å². The van der Waals surface area contributed by atoms with Gasteiger partial charge in [-0.05, 0) is 18.2 Å². The van der Waals surface area contributed by atoms with Crippen LogP contribution in [0.15, 0.2) is 61.0 Å². The molecule has 0 radical (unpaired) electrons. The van der Waals surface area contributed by atoms with Crippen molar-refractivity contribution in [2.45, 2.75) is 12.5 Å². The van der Waals surface area contributed by atoms with E-state index in [0.29, 0.717) is 0 Å². The molecule has 4 atom stereocenters. The van der Waals surface area contributed by atoms with Crippen molar-refractivity contribution in [3.63, 3.8) is 0 Å². The van der Waals surface area contributed by atoms with Gasteiger partial charge in [-0.25, -0.2) is 0 Å². The van der Waals surface area contributed by atoms with Crippen molar-refractivity contribution in [1.29, 1.82) is 0 Å². The van der Waals surface area contributed by atoms with Crippen LogP contribution in [0.5, 0.6) is 5.75 Å². The maximum Gasteiger partial charge on any atom is 0.573 e. The van der Waals surface area contributed by atoms with Crippen LogP contribution in [-0.4, -0.2) is 23.2 Å². The molecule has 0 spiro atoms. The van der Waals surface area contributed by atoms with Gasteiger partial charge in [-0.15, -0.1) is 13.2 Å². The number of hydrogen-bond acceptors (Lipinski definition) is 4. The summed E-state index contributed by atoms with van der Waals surface area (Å²) in [6.07, 6.45) is 8.67. The third-order valence-corrected chi connectivity index (χ3v) is 4.68. The molecule has 7 heteroatoms. The van der Waals surface area contributed by atoms with E-state index in [1.165, 1.54) is 18.5 Å². The van der Waals surface area contributed by atoms with Crippen LogP contribution >= 0.6 is 0 Å². The van der Waals surface area contributed by atoms with E-state index in [4.69, 9.17) is 4.74 Å². The third-order valence-electron chi connectivity index (χ3n) is 4.68. The molecule has 0 fully saturated rings. The number of ketones is 1. The number of carbonyl (C=O) groups is 1. The van der Waals surface area contributed by atoms with E-state index in [1.54, 1.807) is 0 Å². The molecule has 3 aliphatic rings. The third kappa shape index (κ3) is 2.94. The lowest BCUT2D eigenvalue weighted by molar-refractivity contribution is -0.274. The minimum atomic E-state index is -4.88. The number of fused-ring (bicyclic) bond motifs is 3.